The summed E-state index contributed by atoms with van der Waals surface area (Å²) in [5, 5.41) is 10.8. The Morgan fingerprint density at radius 3 is 2.90 bits per heavy atom. The van der Waals surface area contributed by atoms with E-state index in [9.17, 15) is 4.79 Å². The molecule has 0 saturated carbocycles. The van der Waals surface area contributed by atoms with E-state index >= 15 is 0 Å². The van der Waals surface area contributed by atoms with Crippen LogP contribution in [-0.4, -0.2) is 23.2 Å². The van der Waals surface area contributed by atoms with Crippen LogP contribution in [-0.2, 0) is 0 Å². The third-order valence-corrected chi connectivity index (χ3v) is 3.44. The number of hydrogen-bond acceptors (Lipinski definition) is 3. The van der Waals surface area contributed by atoms with Crippen molar-refractivity contribution in [2.75, 3.05) is 12.4 Å². The lowest BCUT2D eigenvalue weighted by molar-refractivity contribution is 0.102. The van der Waals surface area contributed by atoms with E-state index in [2.05, 4.69) is 15.5 Å². The van der Waals surface area contributed by atoms with Crippen molar-refractivity contribution in [1.29, 1.82) is 0 Å². The molecule has 0 aliphatic heterocycles. The van der Waals surface area contributed by atoms with Gasteiger partial charge in [0.15, 0.2) is 5.69 Å². The predicted molar refractivity (Wildman–Crippen MR) is 82.1 cm³/mol. The summed E-state index contributed by atoms with van der Waals surface area (Å²) in [5.74, 6) is 0.282. The monoisotopic (exact) mass is 301 g/mol. The average Bonchev–Trinajstić information content (AvgIpc) is 2.93. The zero-order valence-corrected chi connectivity index (χ0v) is 11.9. The third kappa shape index (κ3) is 2.55. The van der Waals surface area contributed by atoms with Crippen molar-refractivity contribution >= 4 is 34.1 Å². The standard InChI is InChI=1S/C15H12ClN3O2/c1-21-9-6-7-11(16)13(8-9)17-15(20)14-10-4-2-3-5-12(10)18-19-14/h2-8H,1H3,(H,17,20)(H,18,19). The molecule has 3 aromatic rings. The first-order valence-corrected chi connectivity index (χ1v) is 6.65. The number of halogens is 1. The Balaban J connectivity index is 1.93. The van der Waals surface area contributed by atoms with E-state index in [1.54, 1.807) is 25.3 Å². The summed E-state index contributed by atoms with van der Waals surface area (Å²) in [6.45, 7) is 0. The number of fused-ring (bicyclic) bond motifs is 1. The van der Waals surface area contributed by atoms with Crippen LogP contribution in [0.3, 0.4) is 0 Å². The summed E-state index contributed by atoms with van der Waals surface area (Å²) in [6, 6.07) is 12.5. The fourth-order valence-corrected chi connectivity index (χ4v) is 2.21. The molecule has 21 heavy (non-hydrogen) atoms. The molecular weight excluding hydrogens is 290 g/mol. The average molecular weight is 302 g/mol. The first-order chi connectivity index (χ1) is 10.2. The van der Waals surface area contributed by atoms with Gasteiger partial charge in [0.2, 0.25) is 0 Å². The molecule has 0 spiro atoms. The molecule has 5 nitrogen and oxygen atoms in total. The number of nitrogens with one attached hydrogen (secondary N) is 2. The van der Waals surface area contributed by atoms with E-state index in [1.807, 2.05) is 24.3 Å². The second-order valence-corrected chi connectivity index (χ2v) is 4.82. The number of nitrogens with zero attached hydrogens (tertiary/aromatic N) is 1. The summed E-state index contributed by atoms with van der Waals surface area (Å²) in [4.78, 5) is 12.3. The van der Waals surface area contributed by atoms with E-state index in [4.69, 9.17) is 16.3 Å². The smallest absolute Gasteiger partial charge is 0.276 e. The van der Waals surface area contributed by atoms with Crippen molar-refractivity contribution in [2.45, 2.75) is 0 Å². The second kappa shape index (κ2) is 5.46. The Kier molecular flexibility index (Phi) is 3.50. The number of aromatic nitrogens is 2. The van der Waals surface area contributed by atoms with Gasteiger partial charge in [-0.25, -0.2) is 0 Å². The maximum atomic E-state index is 12.3. The molecule has 0 radical (unpaired) electrons. The molecule has 1 heterocycles. The van der Waals surface area contributed by atoms with Gasteiger partial charge in [-0.05, 0) is 18.2 Å². The molecule has 0 saturated heterocycles. The van der Waals surface area contributed by atoms with Gasteiger partial charge in [-0.3, -0.25) is 9.89 Å². The summed E-state index contributed by atoms with van der Waals surface area (Å²) in [5.41, 5.74) is 1.61. The highest BCUT2D eigenvalue weighted by Gasteiger charge is 2.15. The van der Waals surface area contributed by atoms with Crippen LogP contribution in [0.4, 0.5) is 5.69 Å². The number of carbonyl (C=O) groups excluding carboxylic acids is 1. The Labute approximate surface area is 125 Å². The Hall–Kier alpha value is -2.53. The number of methoxy groups -OCH3 is 1. The molecule has 0 aliphatic carbocycles. The topological polar surface area (TPSA) is 67.0 Å². The highest BCUT2D eigenvalue weighted by atomic mass is 35.5. The molecule has 0 aliphatic rings. The summed E-state index contributed by atoms with van der Waals surface area (Å²) in [6.07, 6.45) is 0. The highest BCUT2D eigenvalue weighted by molar-refractivity contribution is 6.34. The summed E-state index contributed by atoms with van der Waals surface area (Å²) >= 11 is 6.08. The van der Waals surface area contributed by atoms with Crippen molar-refractivity contribution in [1.82, 2.24) is 10.2 Å². The van der Waals surface area contributed by atoms with Gasteiger partial charge < -0.3 is 10.1 Å². The maximum Gasteiger partial charge on any atom is 0.276 e. The molecule has 2 aromatic carbocycles. The van der Waals surface area contributed by atoms with Gasteiger partial charge in [0.05, 0.1) is 23.3 Å². The lowest BCUT2D eigenvalue weighted by Crippen LogP contribution is -2.13. The molecule has 106 valence electrons. The van der Waals surface area contributed by atoms with E-state index in [-0.39, 0.29) is 5.91 Å². The molecule has 1 aromatic heterocycles. The van der Waals surface area contributed by atoms with Gasteiger partial charge in [-0.15, -0.1) is 0 Å². The van der Waals surface area contributed by atoms with Gasteiger partial charge in [-0.2, -0.15) is 5.10 Å². The third-order valence-electron chi connectivity index (χ3n) is 3.11. The van der Waals surface area contributed by atoms with E-state index < -0.39 is 0 Å². The number of anilines is 1. The van der Waals surface area contributed by atoms with Crippen LogP contribution < -0.4 is 10.1 Å². The molecule has 0 unspecified atom stereocenters. The quantitative estimate of drug-likeness (QED) is 0.778. The molecule has 0 bridgehead atoms. The Bertz CT molecular complexity index is 814. The number of aromatic amines is 1. The number of rotatable bonds is 3. The van der Waals surface area contributed by atoms with Crippen molar-refractivity contribution in [3.05, 3.63) is 53.2 Å². The molecule has 6 heteroatoms. The van der Waals surface area contributed by atoms with Crippen LogP contribution in [0.5, 0.6) is 5.75 Å². The lowest BCUT2D eigenvalue weighted by atomic mass is 10.2. The number of para-hydroxylation sites is 1. The van der Waals surface area contributed by atoms with Gasteiger partial charge >= 0.3 is 0 Å². The Morgan fingerprint density at radius 1 is 1.29 bits per heavy atom. The van der Waals surface area contributed by atoms with Crippen molar-refractivity contribution in [2.24, 2.45) is 0 Å². The van der Waals surface area contributed by atoms with Gasteiger partial charge in [0.25, 0.3) is 5.91 Å². The van der Waals surface area contributed by atoms with Crippen LogP contribution in [0.2, 0.25) is 5.02 Å². The SMILES string of the molecule is COc1ccc(Cl)c(NC(=O)c2n[nH]c3ccccc23)c1. The second-order valence-electron chi connectivity index (χ2n) is 4.42. The zero-order chi connectivity index (χ0) is 14.8. The van der Waals surface area contributed by atoms with Crippen LogP contribution in [0.15, 0.2) is 42.5 Å². The van der Waals surface area contributed by atoms with Crippen LogP contribution in [0.25, 0.3) is 10.9 Å². The molecular formula is C15H12ClN3O2. The van der Waals surface area contributed by atoms with Gasteiger partial charge in [0, 0.05) is 11.5 Å². The number of amides is 1. The number of ether oxygens (including phenoxy) is 1. The fraction of sp³-hybridized carbons (Fsp3) is 0.0667. The number of H-pyrrole nitrogens is 1. The van der Waals surface area contributed by atoms with E-state index in [1.165, 1.54) is 0 Å². The first kappa shape index (κ1) is 13.5. The van der Waals surface area contributed by atoms with Gasteiger partial charge in [0.1, 0.15) is 5.75 Å². The minimum absolute atomic E-state index is 0.324. The minimum Gasteiger partial charge on any atom is -0.497 e. The summed E-state index contributed by atoms with van der Waals surface area (Å²) < 4.78 is 5.12. The molecule has 0 atom stereocenters. The zero-order valence-electron chi connectivity index (χ0n) is 11.2. The highest BCUT2D eigenvalue weighted by Crippen LogP contribution is 2.27. The predicted octanol–water partition coefficient (Wildman–Crippen LogP) is 3.48. The molecule has 2 N–H and O–H groups in total. The van der Waals surface area contributed by atoms with Crippen molar-refractivity contribution in [3.8, 4) is 5.75 Å². The number of carbonyl (C=O) groups is 1. The van der Waals surface area contributed by atoms with E-state index in [0.29, 0.717) is 22.2 Å². The summed E-state index contributed by atoms with van der Waals surface area (Å²) in [7, 11) is 1.55. The Morgan fingerprint density at radius 2 is 2.10 bits per heavy atom. The van der Waals surface area contributed by atoms with Crippen LogP contribution >= 0.6 is 11.6 Å². The largest absolute Gasteiger partial charge is 0.497 e. The van der Waals surface area contributed by atoms with Crippen molar-refractivity contribution in [3.63, 3.8) is 0 Å². The first-order valence-electron chi connectivity index (χ1n) is 6.27. The van der Waals surface area contributed by atoms with Gasteiger partial charge in [-0.1, -0.05) is 29.8 Å². The molecule has 1 amide bonds. The van der Waals surface area contributed by atoms with Crippen LogP contribution in [0, 0.1) is 0 Å². The number of hydrogen-bond donors (Lipinski definition) is 2. The van der Waals surface area contributed by atoms with Crippen LogP contribution in [0.1, 0.15) is 10.5 Å². The molecule has 0 fully saturated rings. The maximum absolute atomic E-state index is 12.3. The lowest BCUT2D eigenvalue weighted by Gasteiger charge is -2.08. The number of benzene rings is 2. The molecule has 3 rings (SSSR count). The van der Waals surface area contributed by atoms with Crippen molar-refractivity contribution < 1.29 is 9.53 Å². The van der Waals surface area contributed by atoms with E-state index in [0.717, 1.165) is 10.9 Å². The fourth-order valence-electron chi connectivity index (χ4n) is 2.05. The normalized spacial score (nSPS) is 10.6. The minimum atomic E-state index is -0.331.